The monoisotopic (exact) mass is 337 g/mol. The molecule has 6 heteroatoms. The predicted octanol–water partition coefficient (Wildman–Crippen LogP) is 2.64. The van der Waals surface area contributed by atoms with E-state index in [9.17, 15) is 4.79 Å². The van der Waals surface area contributed by atoms with Gasteiger partial charge in [0.25, 0.3) is 0 Å². The zero-order valence-electron chi connectivity index (χ0n) is 13.5. The lowest BCUT2D eigenvalue weighted by atomic mass is 9.93. The van der Waals surface area contributed by atoms with Gasteiger partial charge in [-0.3, -0.25) is 4.79 Å². The molecule has 1 N–H and O–H groups in total. The SMILES string of the molecule is CNCCC1CCN(C(=O)Cc2noc3ccccc23)CC1.Cl. The normalized spacial score (nSPS) is 15.6. The zero-order valence-corrected chi connectivity index (χ0v) is 14.3. The number of nitrogens with zero attached hydrogens (tertiary/aromatic N) is 2. The number of piperidine rings is 1. The lowest BCUT2D eigenvalue weighted by Gasteiger charge is -2.32. The Hall–Kier alpha value is -1.59. The van der Waals surface area contributed by atoms with E-state index in [0.29, 0.717) is 6.42 Å². The third kappa shape index (κ3) is 4.24. The van der Waals surface area contributed by atoms with E-state index in [1.807, 2.05) is 36.2 Å². The second kappa shape index (κ2) is 8.31. The van der Waals surface area contributed by atoms with Gasteiger partial charge in [0.1, 0.15) is 5.69 Å². The van der Waals surface area contributed by atoms with E-state index in [1.165, 1.54) is 6.42 Å². The number of hydrogen-bond acceptors (Lipinski definition) is 4. The van der Waals surface area contributed by atoms with Crippen molar-refractivity contribution >= 4 is 29.3 Å². The molecule has 0 unspecified atom stereocenters. The van der Waals surface area contributed by atoms with Gasteiger partial charge in [-0.15, -0.1) is 12.4 Å². The number of para-hydroxylation sites is 1. The molecule has 23 heavy (non-hydrogen) atoms. The average molecular weight is 338 g/mol. The highest BCUT2D eigenvalue weighted by atomic mass is 35.5. The van der Waals surface area contributed by atoms with Gasteiger partial charge in [-0.25, -0.2) is 0 Å². The van der Waals surface area contributed by atoms with Gasteiger partial charge in [0.05, 0.1) is 6.42 Å². The van der Waals surface area contributed by atoms with Gasteiger partial charge in [0.15, 0.2) is 5.58 Å². The van der Waals surface area contributed by atoms with Gasteiger partial charge in [-0.05, 0) is 50.9 Å². The number of benzene rings is 1. The Balaban J connectivity index is 0.00000192. The summed E-state index contributed by atoms with van der Waals surface area (Å²) in [4.78, 5) is 14.4. The molecule has 1 saturated heterocycles. The fourth-order valence-corrected chi connectivity index (χ4v) is 3.14. The summed E-state index contributed by atoms with van der Waals surface area (Å²) in [5.41, 5.74) is 1.49. The Bertz CT molecular complexity index is 636. The van der Waals surface area contributed by atoms with E-state index >= 15 is 0 Å². The lowest BCUT2D eigenvalue weighted by molar-refractivity contribution is -0.131. The van der Waals surface area contributed by atoms with Gasteiger partial charge in [-0.1, -0.05) is 17.3 Å². The molecule has 1 aromatic heterocycles. The summed E-state index contributed by atoms with van der Waals surface area (Å²) < 4.78 is 5.27. The maximum atomic E-state index is 12.5. The molecule has 0 bridgehead atoms. The van der Waals surface area contributed by atoms with Gasteiger partial charge >= 0.3 is 0 Å². The molecule has 0 radical (unpaired) electrons. The van der Waals surface area contributed by atoms with Crippen LogP contribution in [0.3, 0.4) is 0 Å². The molecule has 2 aromatic rings. The Morgan fingerprint density at radius 3 is 2.83 bits per heavy atom. The second-order valence-electron chi connectivity index (χ2n) is 6.02. The summed E-state index contributed by atoms with van der Waals surface area (Å²) in [5.74, 6) is 0.899. The lowest BCUT2D eigenvalue weighted by Crippen LogP contribution is -2.39. The molecule has 3 rings (SSSR count). The smallest absolute Gasteiger partial charge is 0.228 e. The van der Waals surface area contributed by atoms with Crippen molar-refractivity contribution in [3.63, 3.8) is 0 Å². The number of fused-ring (bicyclic) bond motifs is 1. The van der Waals surface area contributed by atoms with E-state index in [2.05, 4.69) is 10.5 Å². The van der Waals surface area contributed by atoms with Crippen molar-refractivity contribution in [3.8, 4) is 0 Å². The van der Waals surface area contributed by atoms with Crippen LogP contribution in [-0.4, -0.2) is 42.6 Å². The molecule has 0 aliphatic carbocycles. The number of rotatable bonds is 5. The minimum absolute atomic E-state index is 0. The first-order chi connectivity index (χ1) is 10.8. The van der Waals surface area contributed by atoms with Crippen molar-refractivity contribution in [1.29, 1.82) is 0 Å². The van der Waals surface area contributed by atoms with E-state index in [-0.39, 0.29) is 18.3 Å². The number of aromatic nitrogens is 1. The van der Waals surface area contributed by atoms with Crippen LogP contribution in [0.1, 0.15) is 25.0 Å². The van der Waals surface area contributed by atoms with Crippen LogP contribution in [0.2, 0.25) is 0 Å². The molecule has 2 heterocycles. The average Bonchev–Trinajstić information content (AvgIpc) is 2.96. The fraction of sp³-hybridized carbons (Fsp3) is 0.529. The van der Waals surface area contributed by atoms with Gasteiger partial charge in [0.2, 0.25) is 5.91 Å². The zero-order chi connectivity index (χ0) is 15.4. The number of likely N-dealkylation sites (tertiary alicyclic amines) is 1. The maximum absolute atomic E-state index is 12.5. The van der Waals surface area contributed by atoms with Crippen LogP contribution in [0.25, 0.3) is 11.0 Å². The Labute approximate surface area is 142 Å². The molecule has 0 spiro atoms. The number of amides is 1. The van der Waals surface area contributed by atoms with Gasteiger partial charge < -0.3 is 14.7 Å². The van der Waals surface area contributed by atoms with Crippen molar-refractivity contribution in [2.45, 2.75) is 25.7 Å². The molecule has 5 nitrogen and oxygen atoms in total. The topological polar surface area (TPSA) is 58.4 Å². The minimum Gasteiger partial charge on any atom is -0.356 e. The summed E-state index contributed by atoms with van der Waals surface area (Å²) >= 11 is 0. The van der Waals surface area contributed by atoms with Crippen molar-refractivity contribution in [3.05, 3.63) is 30.0 Å². The van der Waals surface area contributed by atoms with Crippen LogP contribution < -0.4 is 5.32 Å². The van der Waals surface area contributed by atoms with Crippen LogP contribution in [0.5, 0.6) is 0 Å². The highest BCUT2D eigenvalue weighted by Gasteiger charge is 2.23. The summed E-state index contributed by atoms with van der Waals surface area (Å²) in [7, 11) is 1.99. The molecule has 126 valence electrons. The third-order valence-electron chi connectivity index (χ3n) is 4.54. The first-order valence-electron chi connectivity index (χ1n) is 8.03. The van der Waals surface area contributed by atoms with Crippen molar-refractivity contribution in [1.82, 2.24) is 15.4 Å². The fourth-order valence-electron chi connectivity index (χ4n) is 3.14. The number of hydrogen-bond donors (Lipinski definition) is 1. The van der Waals surface area contributed by atoms with E-state index < -0.39 is 0 Å². The van der Waals surface area contributed by atoms with E-state index in [1.54, 1.807) is 0 Å². The standard InChI is InChI=1S/C17H23N3O2.ClH/c1-18-9-6-13-7-10-20(11-8-13)17(21)12-15-14-4-2-3-5-16(14)22-19-15;/h2-5,13,18H,6-12H2,1H3;1H. The molecular weight excluding hydrogens is 314 g/mol. The molecule has 1 aromatic carbocycles. The van der Waals surface area contributed by atoms with Crippen LogP contribution in [-0.2, 0) is 11.2 Å². The largest absolute Gasteiger partial charge is 0.356 e. The second-order valence-corrected chi connectivity index (χ2v) is 6.02. The van der Waals surface area contributed by atoms with E-state index in [4.69, 9.17) is 4.52 Å². The van der Waals surface area contributed by atoms with Crippen LogP contribution in [0, 0.1) is 5.92 Å². The molecule has 1 amide bonds. The summed E-state index contributed by atoms with van der Waals surface area (Å²) in [6.07, 6.45) is 3.74. The molecule has 0 saturated carbocycles. The summed E-state index contributed by atoms with van der Waals surface area (Å²) in [6, 6.07) is 7.69. The highest BCUT2D eigenvalue weighted by molar-refractivity contribution is 5.86. The van der Waals surface area contributed by atoms with Crippen LogP contribution in [0.15, 0.2) is 28.8 Å². The molecular formula is C17H24ClN3O2. The minimum atomic E-state index is 0. The Morgan fingerprint density at radius 1 is 1.35 bits per heavy atom. The molecule has 0 atom stereocenters. The third-order valence-corrected chi connectivity index (χ3v) is 4.54. The molecule has 1 aliphatic heterocycles. The Morgan fingerprint density at radius 2 is 2.09 bits per heavy atom. The predicted molar refractivity (Wildman–Crippen MR) is 92.8 cm³/mol. The number of nitrogens with one attached hydrogen (secondary N) is 1. The quantitative estimate of drug-likeness (QED) is 0.911. The van der Waals surface area contributed by atoms with Crippen molar-refractivity contribution in [2.24, 2.45) is 5.92 Å². The number of carbonyl (C=O) groups excluding carboxylic acids is 1. The van der Waals surface area contributed by atoms with Gasteiger partial charge in [0, 0.05) is 18.5 Å². The van der Waals surface area contributed by atoms with Crippen LogP contribution in [0.4, 0.5) is 0 Å². The maximum Gasteiger partial charge on any atom is 0.228 e. The van der Waals surface area contributed by atoms with Crippen LogP contribution >= 0.6 is 12.4 Å². The summed E-state index contributed by atoms with van der Waals surface area (Å²) in [6.45, 7) is 2.79. The first kappa shape index (κ1) is 17.8. The Kier molecular flexibility index (Phi) is 6.42. The van der Waals surface area contributed by atoms with Crippen molar-refractivity contribution < 1.29 is 9.32 Å². The summed E-state index contributed by atoms with van der Waals surface area (Å²) in [5, 5.41) is 8.20. The number of halogens is 1. The number of carbonyl (C=O) groups is 1. The van der Waals surface area contributed by atoms with E-state index in [0.717, 1.165) is 55.1 Å². The highest BCUT2D eigenvalue weighted by Crippen LogP contribution is 2.22. The first-order valence-corrected chi connectivity index (χ1v) is 8.03. The molecule has 1 fully saturated rings. The van der Waals surface area contributed by atoms with Gasteiger partial charge in [-0.2, -0.15) is 0 Å². The molecule has 1 aliphatic rings. The van der Waals surface area contributed by atoms with Crippen molar-refractivity contribution in [2.75, 3.05) is 26.7 Å².